The zero-order valence-electron chi connectivity index (χ0n) is 9.75. The summed E-state index contributed by atoms with van der Waals surface area (Å²) >= 11 is 0. The quantitative estimate of drug-likeness (QED) is 0.674. The molecule has 5 nitrogen and oxygen atoms in total. The molecule has 0 aliphatic rings. The minimum Gasteiger partial charge on any atom is -0.398 e. The highest BCUT2D eigenvalue weighted by Gasteiger charge is 2.16. The Morgan fingerprint density at radius 2 is 2.00 bits per heavy atom. The van der Waals surface area contributed by atoms with E-state index in [4.69, 9.17) is 5.73 Å². The maximum absolute atomic E-state index is 13.0. The van der Waals surface area contributed by atoms with E-state index in [2.05, 4.69) is 10.3 Å². The molecule has 2 aromatic carbocycles. The lowest BCUT2D eigenvalue weighted by Gasteiger charge is -2.04. The van der Waals surface area contributed by atoms with E-state index >= 15 is 0 Å². The number of benzene rings is 2. The molecular formula is C13H9FN4O. The molecule has 1 aromatic heterocycles. The summed E-state index contributed by atoms with van der Waals surface area (Å²) in [4.78, 5) is 12.3. The SMILES string of the molecule is Nc1cc(F)ccc1C(=O)n1nnc2ccccc21. The van der Waals surface area contributed by atoms with Crippen molar-refractivity contribution in [3.05, 3.63) is 53.8 Å². The summed E-state index contributed by atoms with van der Waals surface area (Å²) in [6.07, 6.45) is 0. The van der Waals surface area contributed by atoms with Crippen molar-refractivity contribution in [2.75, 3.05) is 5.73 Å². The topological polar surface area (TPSA) is 73.8 Å². The van der Waals surface area contributed by atoms with Gasteiger partial charge in [0, 0.05) is 5.69 Å². The number of hydrogen-bond donors (Lipinski definition) is 1. The minimum absolute atomic E-state index is 0.0737. The van der Waals surface area contributed by atoms with Crippen molar-refractivity contribution in [1.29, 1.82) is 0 Å². The largest absolute Gasteiger partial charge is 0.398 e. The van der Waals surface area contributed by atoms with Gasteiger partial charge in [0.1, 0.15) is 11.3 Å². The number of nitrogens with two attached hydrogens (primary N) is 1. The Kier molecular flexibility index (Phi) is 2.49. The van der Waals surface area contributed by atoms with Crippen molar-refractivity contribution in [1.82, 2.24) is 15.0 Å². The van der Waals surface area contributed by atoms with Crippen LogP contribution >= 0.6 is 0 Å². The van der Waals surface area contributed by atoms with Crippen molar-refractivity contribution in [3.63, 3.8) is 0 Å². The number of nitrogens with zero attached hydrogens (tertiary/aromatic N) is 3. The highest BCUT2D eigenvalue weighted by Crippen LogP contribution is 2.17. The fourth-order valence-electron chi connectivity index (χ4n) is 1.86. The molecule has 0 amide bonds. The van der Waals surface area contributed by atoms with Crippen molar-refractivity contribution in [2.24, 2.45) is 0 Å². The summed E-state index contributed by atoms with van der Waals surface area (Å²) in [5, 5.41) is 7.69. The van der Waals surface area contributed by atoms with Crippen LogP contribution in [0.25, 0.3) is 11.0 Å². The highest BCUT2D eigenvalue weighted by molar-refractivity contribution is 6.03. The fraction of sp³-hybridized carbons (Fsp3) is 0. The Balaban J connectivity index is 2.13. The van der Waals surface area contributed by atoms with Crippen LogP contribution in [0.5, 0.6) is 0 Å². The van der Waals surface area contributed by atoms with Gasteiger partial charge in [-0.25, -0.2) is 4.39 Å². The highest BCUT2D eigenvalue weighted by atomic mass is 19.1. The van der Waals surface area contributed by atoms with Crippen LogP contribution in [0.3, 0.4) is 0 Å². The first-order chi connectivity index (χ1) is 9.16. The fourth-order valence-corrected chi connectivity index (χ4v) is 1.86. The number of halogens is 1. The van der Waals surface area contributed by atoms with E-state index in [0.717, 1.165) is 10.7 Å². The maximum Gasteiger partial charge on any atom is 0.282 e. The lowest BCUT2D eigenvalue weighted by molar-refractivity contribution is 0.0949. The minimum atomic E-state index is -0.488. The van der Waals surface area contributed by atoms with Crippen LogP contribution in [0.15, 0.2) is 42.5 Å². The van der Waals surface area contributed by atoms with E-state index in [1.807, 2.05) is 0 Å². The monoisotopic (exact) mass is 256 g/mol. The van der Waals surface area contributed by atoms with Gasteiger partial charge < -0.3 is 5.73 Å². The number of carbonyl (C=O) groups excluding carboxylic acids is 1. The molecule has 0 saturated heterocycles. The number of hydrogen-bond acceptors (Lipinski definition) is 4. The van der Waals surface area contributed by atoms with Crippen molar-refractivity contribution in [2.45, 2.75) is 0 Å². The van der Waals surface area contributed by atoms with Crippen LogP contribution in [0, 0.1) is 5.82 Å². The molecular weight excluding hydrogens is 247 g/mol. The average molecular weight is 256 g/mol. The predicted molar refractivity (Wildman–Crippen MR) is 68.1 cm³/mol. The first kappa shape index (κ1) is 11.3. The number of carbonyl (C=O) groups is 1. The number of anilines is 1. The number of rotatable bonds is 1. The number of para-hydroxylation sites is 1. The maximum atomic E-state index is 13.0. The first-order valence-electron chi connectivity index (χ1n) is 5.57. The summed E-state index contributed by atoms with van der Waals surface area (Å²) in [6.45, 7) is 0. The Labute approximate surface area is 107 Å². The van der Waals surface area contributed by atoms with Crippen LogP contribution in [0.2, 0.25) is 0 Å². The molecule has 3 aromatic rings. The normalized spacial score (nSPS) is 10.8. The van der Waals surface area contributed by atoms with Crippen LogP contribution in [0.4, 0.5) is 10.1 Å². The van der Waals surface area contributed by atoms with Gasteiger partial charge in [0.05, 0.1) is 11.1 Å². The van der Waals surface area contributed by atoms with Crippen LogP contribution < -0.4 is 5.73 Å². The van der Waals surface area contributed by atoms with Crippen LogP contribution in [-0.2, 0) is 0 Å². The standard InChI is InChI=1S/C13H9FN4O/c14-8-5-6-9(10(15)7-8)13(19)18-12-4-2-1-3-11(12)16-17-18/h1-7H,15H2. The van der Waals surface area contributed by atoms with Gasteiger partial charge in [-0.2, -0.15) is 4.68 Å². The van der Waals surface area contributed by atoms with Gasteiger partial charge in [-0.3, -0.25) is 4.79 Å². The molecule has 0 aliphatic heterocycles. The molecule has 3 rings (SSSR count). The molecule has 0 atom stereocenters. The number of nitrogen functional groups attached to an aromatic ring is 1. The van der Waals surface area contributed by atoms with Crippen molar-refractivity contribution >= 4 is 22.6 Å². The van der Waals surface area contributed by atoms with Gasteiger partial charge in [-0.1, -0.05) is 17.3 Å². The van der Waals surface area contributed by atoms with Crippen LogP contribution in [0.1, 0.15) is 10.4 Å². The van der Waals surface area contributed by atoms with Gasteiger partial charge in [0.2, 0.25) is 0 Å². The molecule has 0 spiro atoms. The molecule has 0 fully saturated rings. The van der Waals surface area contributed by atoms with Crippen molar-refractivity contribution < 1.29 is 9.18 Å². The molecule has 0 radical (unpaired) electrons. The number of aromatic nitrogens is 3. The molecule has 0 bridgehead atoms. The lowest BCUT2D eigenvalue weighted by Crippen LogP contribution is -2.15. The molecule has 0 saturated carbocycles. The summed E-state index contributed by atoms with van der Waals surface area (Å²) in [5.74, 6) is -0.927. The molecule has 1 heterocycles. The Morgan fingerprint density at radius 3 is 2.79 bits per heavy atom. The summed E-state index contributed by atoms with van der Waals surface area (Å²) in [6, 6.07) is 10.7. The van der Waals surface area contributed by atoms with Crippen LogP contribution in [-0.4, -0.2) is 20.9 Å². The summed E-state index contributed by atoms with van der Waals surface area (Å²) < 4.78 is 14.1. The first-order valence-corrected chi connectivity index (χ1v) is 5.57. The third-order valence-electron chi connectivity index (χ3n) is 2.79. The Bertz CT molecular complexity index is 781. The van der Waals surface area contributed by atoms with E-state index in [0.29, 0.717) is 11.0 Å². The Morgan fingerprint density at radius 1 is 1.21 bits per heavy atom. The Hall–Kier alpha value is -2.76. The molecule has 94 valence electrons. The van der Waals surface area contributed by atoms with Gasteiger partial charge in [0.15, 0.2) is 0 Å². The van der Waals surface area contributed by atoms with E-state index in [1.54, 1.807) is 24.3 Å². The molecule has 6 heteroatoms. The van der Waals surface area contributed by atoms with E-state index < -0.39 is 11.7 Å². The zero-order valence-corrected chi connectivity index (χ0v) is 9.75. The second-order valence-corrected chi connectivity index (χ2v) is 4.03. The summed E-state index contributed by atoms with van der Waals surface area (Å²) in [5.41, 5.74) is 7.10. The smallest absolute Gasteiger partial charge is 0.282 e. The third kappa shape index (κ3) is 1.83. The molecule has 2 N–H and O–H groups in total. The third-order valence-corrected chi connectivity index (χ3v) is 2.79. The van der Waals surface area contributed by atoms with E-state index in [-0.39, 0.29) is 11.3 Å². The van der Waals surface area contributed by atoms with E-state index in [1.165, 1.54) is 12.1 Å². The van der Waals surface area contributed by atoms with E-state index in [9.17, 15) is 9.18 Å². The predicted octanol–water partition coefficient (Wildman–Crippen LogP) is 1.84. The average Bonchev–Trinajstić information content (AvgIpc) is 2.82. The second kappa shape index (κ2) is 4.16. The lowest BCUT2D eigenvalue weighted by atomic mass is 10.1. The second-order valence-electron chi connectivity index (χ2n) is 4.03. The summed E-state index contributed by atoms with van der Waals surface area (Å²) in [7, 11) is 0. The molecule has 0 aliphatic carbocycles. The van der Waals surface area contributed by atoms with Gasteiger partial charge in [0.25, 0.3) is 5.91 Å². The number of fused-ring (bicyclic) bond motifs is 1. The van der Waals surface area contributed by atoms with Gasteiger partial charge in [-0.15, -0.1) is 5.10 Å². The van der Waals surface area contributed by atoms with Gasteiger partial charge >= 0.3 is 0 Å². The molecule has 0 unspecified atom stereocenters. The van der Waals surface area contributed by atoms with Crippen molar-refractivity contribution in [3.8, 4) is 0 Å². The molecule has 19 heavy (non-hydrogen) atoms. The van der Waals surface area contributed by atoms with Gasteiger partial charge in [-0.05, 0) is 30.3 Å². The zero-order chi connectivity index (χ0) is 13.4.